The Morgan fingerprint density at radius 3 is 2.42 bits per heavy atom. The molecule has 16 heteroatoms. The van der Waals surface area contributed by atoms with Gasteiger partial charge in [-0.1, -0.05) is 50.0 Å². The highest BCUT2D eigenvalue weighted by molar-refractivity contribution is 6.76. The minimum Gasteiger partial charge on any atom is -0.481 e. The van der Waals surface area contributed by atoms with E-state index in [-0.39, 0.29) is 32.6 Å². The molecule has 0 aliphatic heterocycles. The SMILES string of the molecule is COC(=O)Nc1ccc(-c2cn(COCC[Si](C)(C)C)c(C(Cc3cc(N(C)C)nc(CCC(=O)O)n3)NC(=O)OCc3ccccc3)n2)c(N)c1. The van der Waals surface area contributed by atoms with Gasteiger partial charge in [-0.2, -0.15) is 0 Å². The molecule has 0 saturated heterocycles. The molecule has 0 fully saturated rings. The molecule has 4 rings (SSSR count). The van der Waals surface area contributed by atoms with Crippen molar-refractivity contribution in [2.75, 3.05) is 43.8 Å². The van der Waals surface area contributed by atoms with Gasteiger partial charge in [0.05, 0.1) is 25.3 Å². The average Bonchev–Trinajstić information content (AvgIpc) is 3.51. The quantitative estimate of drug-likeness (QED) is 0.0588. The van der Waals surface area contributed by atoms with Crippen LogP contribution >= 0.6 is 0 Å². The smallest absolute Gasteiger partial charge is 0.411 e. The number of hydrogen-bond donors (Lipinski definition) is 4. The number of carboxylic acids is 1. The number of hydrogen-bond acceptors (Lipinski definition) is 11. The number of nitrogens with one attached hydrogen (secondary N) is 2. The zero-order valence-corrected chi connectivity index (χ0v) is 31.5. The van der Waals surface area contributed by atoms with Crippen LogP contribution in [0, 0.1) is 0 Å². The second kappa shape index (κ2) is 18.1. The van der Waals surface area contributed by atoms with Gasteiger partial charge in [-0.05, 0) is 29.8 Å². The van der Waals surface area contributed by atoms with Crippen LogP contribution < -0.4 is 21.3 Å². The molecule has 2 aromatic carbocycles. The number of nitrogens with two attached hydrogens (primary N) is 1. The molecular formula is C36H48N8O7Si. The fourth-order valence-corrected chi connectivity index (χ4v) is 5.81. The van der Waals surface area contributed by atoms with Crippen molar-refractivity contribution >= 4 is 43.4 Å². The second-order valence-corrected chi connectivity index (χ2v) is 19.2. The Balaban J connectivity index is 1.75. The van der Waals surface area contributed by atoms with Crippen molar-refractivity contribution in [2.45, 2.75) is 64.3 Å². The maximum atomic E-state index is 13.4. The van der Waals surface area contributed by atoms with Gasteiger partial charge in [0.15, 0.2) is 0 Å². The molecule has 0 radical (unpaired) electrons. The number of anilines is 3. The minimum absolute atomic E-state index is 0.0546. The Hall–Kier alpha value is -5.48. The number of carboxylic acid groups (broad SMARTS) is 1. The summed E-state index contributed by atoms with van der Waals surface area (Å²) in [6.45, 7) is 7.55. The molecule has 0 bridgehead atoms. The number of benzene rings is 2. The van der Waals surface area contributed by atoms with Crippen LogP contribution in [0.1, 0.15) is 35.4 Å². The number of nitrogen functional groups attached to an aromatic ring is 1. The number of aryl methyl sites for hydroxylation is 1. The molecule has 5 N–H and O–H groups in total. The van der Waals surface area contributed by atoms with Crippen molar-refractivity contribution in [2.24, 2.45) is 0 Å². The lowest BCUT2D eigenvalue weighted by atomic mass is 10.1. The predicted molar refractivity (Wildman–Crippen MR) is 201 cm³/mol. The summed E-state index contributed by atoms with van der Waals surface area (Å²) in [7, 11) is 3.55. The summed E-state index contributed by atoms with van der Waals surface area (Å²) in [4.78, 5) is 52.6. The summed E-state index contributed by atoms with van der Waals surface area (Å²) in [6.07, 6.45) is 0.654. The highest BCUT2D eigenvalue weighted by atomic mass is 28.3. The van der Waals surface area contributed by atoms with E-state index < -0.39 is 32.3 Å². The van der Waals surface area contributed by atoms with E-state index in [4.69, 9.17) is 24.9 Å². The zero-order valence-electron chi connectivity index (χ0n) is 30.5. The summed E-state index contributed by atoms with van der Waals surface area (Å²) >= 11 is 0. The van der Waals surface area contributed by atoms with E-state index in [9.17, 15) is 19.5 Å². The Bertz CT molecular complexity index is 1830. The number of aromatic nitrogens is 4. The Labute approximate surface area is 304 Å². The van der Waals surface area contributed by atoms with Crippen molar-refractivity contribution in [3.05, 3.63) is 83.7 Å². The van der Waals surface area contributed by atoms with E-state index in [2.05, 4.69) is 40.2 Å². The molecule has 1 atom stereocenters. The third-order valence-electron chi connectivity index (χ3n) is 7.86. The third-order valence-corrected chi connectivity index (χ3v) is 9.56. The number of rotatable bonds is 17. The van der Waals surface area contributed by atoms with Gasteiger partial charge in [0.2, 0.25) is 0 Å². The molecule has 2 amide bonds. The molecule has 1 unspecified atom stereocenters. The first-order valence-corrected chi connectivity index (χ1v) is 20.5. The van der Waals surface area contributed by atoms with Crippen molar-refractivity contribution in [3.63, 3.8) is 0 Å². The molecule has 2 heterocycles. The van der Waals surface area contributed by atoms with Crippen LogP contribution in [0.4, 0.5) is 26.8 Å². The maximum Gasteiger partial charge on any atom is 0.411 e. The average molecular weight is 733 g/mol. The van der Waals surface area contributed by atoms with Crippen LogP contribution in [0.2, 0.25) is 25.7 Å². The first-order valence-electron chi connectivity index (χ1n) is 16.8. The zero-order chi connectivity index (χ0) is 37.8. The highest BCUT2D eigenvalue weighted by Gasteiger charge is 2.26. The molecule has 0 spiro atoms. The van der Waals surface area contributed by atoms with Crippen LogP contribution in [0.3, 0.4) is 0 Å². The monoisotopic (exact) mass is 732 g/mol. The summed E-state index contributed by atoms with van der Waals surface area (Å²) in [5, 5.41) is 14.9. The Morgan fingerprint density at radius 2 is 1.77 bits per heavy atom. The number of carbonyl (C=O) groups is 3. The van der Waals surface area contributed by atoms with E-state index in [1.54, 1.807) is 35.4 Å². The lowest BCUT2D eigenvalue weighted by Gasteiger charge is -2.21. The van der Waals surface area contributed by atoms with Gasteiger partial charge in [-0.25, -0.2) is 24.5 Å². The van der Waals surface area contributed by atoms with Crippen LogP contribution in [0.5, 0.6) is 0 Å². The Kier molecular flexibility index (Phi) is 13.7. The lowest BCUT2D eigenvalue weighted by molar-refractivity contribution is -0.137. The number of aliphatic carboxylic acids is 1. The van der Waals surface area contributed by atoms with E-state index in [0.717, 1.165) is 11.6 Å². The molecule has 2 aromatic heterocycles. The van der Waals surface area contributed by atoms with Crippen molar-refractivity contribution in [1.82, 2.24) is 24.8 Å². The van der Waals surface area contributed by atoms with Crippen LogP contribution in [0.25, 0.3) is 11.3 Å². The molecule has 4 aromatic rings. The number of imidazole rings is 1. The fraction of sp³-hybridized carbons (Fsp3) is 0.389. The van der Waals surface area contributed by atoms with Gasteiger partial charge >= 0.3 is 18.2 Å². The summed E-state index contributed by atoms with van der Waals surface area (Å²) < 4.78 is 18.3. The number of methoxy groups -OCH3 is 1. The van der Waals surface area contributed by atoms with Gasteiger partial charge in [-0.15, -0.1) is 0 Å². The van der Waals surface area contributed by atoms with E-state index in [1.165, 1.54) is 7.11 Å². The highest BCUT2D eigenvalue weighted by Crippen LogP contribution is 2.31. The molecule has 278 valence electrons. The van der Waals surface area contributed by atoms with E-state index >= 15 is 0 Å². The van der Waals surface area contributed by atoms with E-state index in [1.807, 2.05) is 49.0 Å². The largest absolute Gasteiger partial charge is 0.481 e. The van der Waals surface area contributed by atoms with Gasteiger partial charge in [0, 0.05) is 76.5 Å². The number of alkyl carbamates (subject to hydrolysis) is 1. The topological polar surface area (TPSA) is 196 Å². The fourth-order valence-electron chi connectivity index (χ4n) is 5.05. The summed E-state index contributed by atoms with van der Waals surface area (Å²) in [5.74, 6) is 0.440. The summed E-state index contributed by atoms with van der Waals surface area (Å²) in [5.41, 5.74) is 9.75. The first kappa shape index (κ1) is 39.3. The van der Waals surface area contributed by atoms with Crippen molar-refractivity contribution in [3.8, 4) is 11.3 Å². The number of carbonyl (C=O) groups excluding carboxylic acids is 2. The van der Waals surface area contributed by atoms with Crippen molar-refractivity contribution in [1.29, 1.82) is 0 Å². The molecule has 15 nitrogen and oxygen atoms in total. The number of nitrogens with zero attached hydrogens (tertiary/aromatic N) is 5. The van der Waals surface area contributed by atoms with Crippen LogP contribution in [-0.2, 0) is 45.2 Å². The Morgan fingerprint density at radius 1 is 1.02 bits per heavy atom. The second-order valence-electron chi connectivity index (χ2n) is 13.6. The lowest BCUT2D eigenvalue weighted by Crippen LogP contribution is -2.33. The normalized spacial score (nSPS) is 11.8. The number of amides is 2. The molecular weight excluding hydrogens is 685 g/mol. The maximum absolute atomic E-state index is 13.4. The van der Waals surface area contributed by atoms with Gasteiger partial charge in [-0.3, -0.25) is 10.1 Å². The minimum atomic E-state index is -1.38. The van der Waals surface area contributed by atoms with Gasteiger partial charge in [0.1, 0.15) is 30.8 Å². The van der Waals surface area contributed by atoms with Gasteiger partial charge in [0.25, 0.3) is 0 Å². The van der Waals surface area contributed by atoms with E-state index in [0.29, 0.717) is 52.4 Å². The van der Waals surface area contributed by atoms with Crippen LogP contribution in [-0.4, -0.2) is 78.7 Å². The van der Waals surface area contributed by atoms with Crippen molar-refractivity contribution < 1.29 is 33.7 Å². The predicted octanol–water partition coefficient (Wildman–Crippen LogP) is 5.71. The third kappa shape index (κ3) is 12.1. The molecule has 0 saturated carbocycles. The number of ether oxygens (including phenoxy) is 3. The molecule has 0 aliphatic rings. The molecule has 52 heavy (non-hydrogen) atoms. The van der Waals surface area contributed by atoms with Crippen LogP contribution in [0.15, 0.2) is 60.8 Å². The molecule has 0 aliphatic carbocycles. The first-order chi connectivity index (χ1) is 24.7. The standard InChI is InChI=1S/C36H48N8O7Si/c1-43(2)32-20-26(38-31(42-32)14-15-33(45)46)19-29(41-36(48)51-22-24-10-8-7-9-11-24)34-40-30(21-44(34)23-50-16-17-52(4,5)6)27-13-12-25(18-28(27)37)39-35(47)49-3/h7-13,18,20-21,29H,14-17,19,22-23,37H2,1-6H3,(H,39,47)(H,41,48)(H,45,46). The summed E-state index contributed by atoms with van der Waals surface area (Å²) in [6, 6.07) is 16.3. The van der Waals surface area contributed by atoms with Gasteiger partial charge < -0.3 is 39.8 Å².